The summed E-state index contributed by atoms with van der Waals surface area (Å²) >= 11 is 0. The SMILES string of the molecule is CC(C)(C)OC1CCC(C2CCC(C(C)(C)C)CC2)CC1. The number of hydrogen-bond acceptors (Lipinski definition) is 1. The predicted molar refractivity (Wildman–Crippen MR) is 91.5 cm³/mol. The van der Waals surface area contributed by atoms with Gasteiger partial charge >= 0.3 is 0 Å². The average molecular weight is 295 g/mol. The van der Waals surface area contributed by atoms with Crippen molar-refractivity contribution in [2.24, 2.45) is 23.2 Å². The zero-order valence-electron chi connectivity index (χ0n) is 15.4. The Kier molecular flexibility index (Phi) is 5.45. The Balaban J connectivity index is 1.74. The van der Waals surface area contributed by atoms with Crippen molar-refractivity contribution in [3.8, 4) is 0 Å². The van der Waals surface area contributed by atoms with Crippen LogP contribution in [-0.4, -0.2) is 11.7 Å². The molecular formula is C20H38O. The van der Waals surface area contributed by atoms with Crippen molar-refractivity contribution in [2.45, 2.75) is 105 Å². The number of ether oxygens (including phenoxy) is 1. The molecule has 2 saturated carbocycles. The van der Waals surface area contributed by atoms with Crippen LogP contribution in [0.4, 0.5) is 0 Å². The molecule has 124 valence electrons. The Morgan fingerprint density at radius 2 is 1.05 bits per heavy atom. The van der Waals surface area contributed by atoms with E-state index in [-0.39, 0.29) is 5.60 Å². The molecule has 0 aromatic heterocycles. The first-order chi connectivity index (χ1) is 9.65. The molecule has 2 aliphatic rings. The smallest absolute Gasteiger partial charge is 0.0602 e. The molecule has 0 spiro atoms. The lowest BCUT2D eigenvalue weighted by Crippen LogP contribution is -2.34. The second-order valence-electron chi connectivity index (χ2n) is 9.74. The highest BCUT2D eigenvalue weighted by atomic mass is 16.5. The van der Waals surface area contributed by atoms with Crippen LogP contribution in [0, 0.1) is 23.2 Å². The van der Waals surface area contributed by atoms with Crippen molar-refractivity contribution in [3.05, 3.63) is 0 Å². The van der Waals surface area contributed by atoms with Gasteiger partial charge in [0.05, 0.1) is 11.7 Å². The van der Waals surface area contributed by atoms with Gasteiger partial charge in [0.1, 0.15) is 0 Å². The van der Waals surface area contributed by atoms with Gasteiger partial charge in [-0.3, -0.25) is 0 Å². The highest BCUT2D eigenvalue weighted by Gasteiger charge is 2.35. The lowest BCUT2D eigenvalue weighted by atomic mass is 9.65. The first kappa shape index (κ1) is 17.3. The van der Waals surface area contributed by atoms with Crippen LogP contribution in [0.1, 0.15) is 92.9 Å². The van der Waals surface area contributed by atoms with Gasteiger partial charge in [0.2, 0.25) is 0 Å². The van der Waals surface area contributed by atoms with Crippen LogP contribution in [0.15, 0.2) is 0 Å². The Hall–Kier alpha value is -0.0400. The monoisotopic (exact) mass is 294 g/mol. The van der Waals surface area contributed by atoms with Crippen LogP contribution in [-0.2, 0) is 4.74 Å². The molecular weight excluding hydrogens is 256 g/mol. The fraction of sp³-hybridized carbons (Fsp3) is 1.00. The molecule has 0 aliphatic heterocycles. The lowest BCUT2D eigenvalue weighted by molar-refractivity contribution is -0.0822. The second kappa shape index (κ2) is 6.60. The van der Waals surface area contributed by atoms with Crippen LogP contribution in [0.3, 0.4) is 0 Å². The molecule has 0 aromatic carbocycles. The van der Waals surface area contributed by atoms with E-state index in [9.17, 15) is 0 Å². The normalized spacial score (nSPS) is 35.7. The van der Waals surface area contributed by atoms with Gasteiger partial charge in [0, 0.05) is 0 Å². The van der Waals surface area contributed by atoms with Crippen LogP contribution < -0.4 is 0 Å². The number of hydrogen-bond donors (Lipinski definition) is 0. The van der Waals surface area contributed by atoms with Gasteiger partial charge in [-0.25, -0.2) is 0 Å². The van der Waals surface area contributed by atoms with E-state index in [0.717, 1.165) is 17.8 Å². The average Bonchev–Trinajstić information content (AvgIpc) is 2.37. The van der Waals surface area contributed by atoms with E-state index in [1.165, 1.54) is 51.4 Å². The molecule has 2 aliphatic carbocycles. The second-order valence-corrected chi connectivity index (χ2v) is 9.74. The van der Waals surface area contributed by atoms with Crippen LogP contribution >= 0.6 is 0 Å². The highest BCUT2D eigenvalue weighted by Crippen LogP contribution is 2.45. The van der Waals surface area contributed by atoms with Crippen molar-refractivity contribution in [3.63, 3.8) is 0 Å². The maximum atomic E-state index is 6.18. The minimum Gasteiger partial charge on any atom is -0.373 e. The molecule has 1 heteroatoms. The summed E-state index contributed by atoms with van der Waals surface area (Å²) < 4.78 is 6.18. The van der Waals surface area contributed by atoms with Crippen molar-refractivity contribution < 1.29 is 4.74 Å². The largest absolute Gasteiger partial charge is 0.373 e. The molecule has 0 bridgehead atoms. The topological polar surface area (TPSA) is 9.23 Å². The van der Waals surface area contributed by atoms with Crippen LogP contribution in [0.2, 0.25) is 0 Å². The fourth-order valence-electron chi connectivity index (χ4n) is 4.63. The molecule has 0 aromatic rings. The van der Waals surface area contributed by atoms with E-state index in [0.29, 0.717) is 11.5 Å². The minimum absolute atomic E-state index is 0.0300. The highest BCUT2D eigenvalue weighted by molar-refractivity contribution is 4.86. The van der Waals surface area contributed by atoms with Crippen molar-refractivity contribution in [1.82, 2.24) is 0 Å². The van der Waals surface area contributed by atoms with Gasteiger partial charge in [0.15, 0.2) is 0 Å². The van der Waals surface area contributed by atoms with E-state index in [4.69, 9.17) is 4.74 Å². The molecule has 1 nitrogen and oxygen atoms in total. The van der Waals surface area contributed by atoms with Crippen molar-refractivity contribution >= 4 is 0 Å². The summed E-state index contributed by atoms with van der Waals surface area (Å²) in [7, 11) is 0. The van der Waals surface area contributed by atoms with Gasteiger partial charge in [-0.15, -0.1) is 0 Å². The standard InChI is InChI=1S/C20H38O/c1-19(2,3)17-11-7-15(8-12-17)16-9-13-18(14-10-16)21-20(4,5)6/h15-18H,7-14H2,1-6H3. The molecule has 0 heterocycles. The molecule has 0 N–H and O–H groups in total. The Bertz CT molecular complexity index is 304. The van der Waals surface area contributed by atoms with Gasteiger partial charge in [-0.2, -0.15) is 0 Å². The summed E-state index contributed by atoms with van der Waals surface area (Å²) in [6.45, 7) is 13.8. The summed E-state index contributed by atoms with van der Waals surface area (Å²) in [5, 5.41) is 0. The number of rotatable bonds is 2. The summed E-state index contributed by atoms with van der Waals surface area (Å²) in [5.74, 6) is 2.96. The molecule has 0 unspecified atom stereocenters. The van der Waals surface area contributed by atoms with Crippen molar-refractivity contribution in [2.75, 3.05) is 0 Å². The quantitative estimate of drug-likeness (QED) is 0.588. The molecule has 0 radical (unpaired) electrons. The third kappa shape index (κ3) is 5.27. The predicted octanol–water partition coefficient (Wildman–Crippen LogP) is 6.21. The van der Waals surface area contributed by atoms with Crippen molar-refractivity contribution in [1.29, 1.82) is 0 Å². The summed E-state index contributed by atoms with van der Waals surface area (Å²) in [6.07, 6.45) is 11.8. The van der Waals surface area contributed by atoms with Gasteiger partial charge in [-0.1, -0.05) is 20.8 Å². The van der Waals surface area contributed by atoms with E-state index in [1.54, 1.807) is 0 Å². The first-order valence-corrected chi connectivity index (χ1v) is 9.33. The maximum absolute atomic E-state index is 6.18. The molecule has 0 saturated heterocycles. The molecule has 0 amide bonds. The zero-order valence-corrected chi connectivity index (χ0v) is 15.4. The molecule has 21 heavy (non-hydrogen) atoms. The third-order valence-corrected chi connectivity index (χ3v) is 5.90. The Labute approximate surface area is 133 Å². The van der Waals surface area contributed by atoms with Crippen LogP contribution in [0.5, 0.6) is 0 Å². The van der Waals surface area contributed by atoms with Gasteiger partial charge < -0.3 is 4.74 Å². The van der Waals surface area contributed by atoms with E-state index < -0.39 is 0 Å². The summed E-state index contributed by atoms with van der Waals surface area (Å²) in [4.78, 5) is 0. The lowest BCUT2D eigenvalue weighted by Gasteiger charge is -2.42. The Morgan fingerprint density at radius 3 is 1.43 bits per heavy atom. The third-order valence-electron chi connectivity index (χ3n) is 5.90. The molecule has 2 fully saturated rings. The van der Waals surface area contributed by atoms with E-state index in [2.05, 4.69) is 41.5 Å². The zero-order chi connectivity index (χ0) is 15.7. The van der Waals surface area contributed by atoms with Crippen LogP contribution in [0.25, 0.3) is 0 Å². The summed E-state index contributed by atoms with van der Waals surface area (Å²) in [5.41, 5.74) is 0.547. The molecule has 0 atom stereocenters. The fourth-order valence-corrected chi connectivity index (χ4v) is 4.63. The minimum atomic E-state index is 0.0300. The Morgan fingerprint density at radius 1 is 0.619 bits per heavy atom. The van der Waals surface area contributed by atoms with E-state index in [1.807, 2.05) is 0 Å². The van der Waals surface area contributed by atoms with E-state index >= 15 is 0 Å². The van der Waals surface area contributed by atoms with Gasteiger partial charge in [0.25, 0.3) is 0 Å². The summed E-state index contributed by atoms with van der Waals surface area (Å²) in [6, 6.07) is 0. The molecule has 2 rings (SSSR count). The van der Waals surface area contributed by atoms with Gasteiger partial charge in [-0.05, 0) is 95.3 Å². The maximum Gasteiger partial charge on any atom is 0.0602 e. The first-order valence-electron chi connectivity index (χ1n) is 9.33.